The number of aromatic nitrogens is 2. The number of carbonyl (C=O) groups excluding carboxylic acids is 1. The number of anilines is 1. The summed E-state index contributed by atoms with van der Waals surface area (Å²) in [6.45, 7) is 0.438. The fourth-order valence-electron chi connectivity index (χ4n) is 0.987. The number of amides is 1. The van der Waals surface area contributed by atoms with E-state index in [1.807, 2.05) is 0 Å². The van der Waals surface area contributed by atoms with E-state index in [1.54, 1.807) is 24.2 Å². The molecular weight excluding hydrogens is 182 g/mol. The van der Waals surface area contributed by atoms with E-state index in [9.17, 15) is 4.79 Å². The minimum Gasteiger partial charge on any atom is -0.368 e. The largest absolute Gasteiger partial charge is 0.368 e. The van der Waals surface area contributed by atoms with Crippen molar-refractivity contribution in [2.45, 2.75) is 6.54 Å². The third kappa shape index (κ3) is 2.67. The molecule has 1 amide bonds. The van der Waals surface area contributed by atoms with Gasteiger partial charge in [0.25, 0.3) is 0 Å². The fourth-order valence-corrected chi connectivity index (χ4v) is 0.987. The van der Waals surface area contributed by atoms with Gasteiger partial charge in [-0.25, -0.2) is 9.97 Å². The normalized spacial score (nSPS) is 9.86. The van der Waals surface area contributed by atoms with Gasteiger partial charge in [-0.2, -0.15) is 0 Å². The van der Waals surface area contributed by atoms with Crippen LogP contribution in [0.25, 0.3) is 0 Å². The molecule has 0 aromatic carbocycles. The average molecular weight is 195 g/mol. The lowest BCUT2D eigenvalue weighted by Gasteiger charge is -2.14. The third-order valence-corrected chi connectivity index (χ3v) is 1.64. The molecule has 6 nitrogen and oxygen atoms in total. The summed E-state index contributed by atoms with van der Waals surface area (Å²) in [6.07, 6.45) is 1.60. The first-order chi connectivity index (χ1) is 6.63. The van der Waals surface area contributed by atoms with Crippen LogP contribution in [-0.4, -0.2) is 29.5 Å². The molecule has 0 saturated carbocycles. The number of hydrogen-bond acceptors (Lipinski definition) is 5. The molecule has 4 N–H and O–H groups in total. The Bertz CT molecular complexity index is 327. The second-order valence-corrected chi connectivity index (χ2v) is 2.87. The summed E-state index contributed by atoms with van der Waals surface area (Å²) < 4.78 is 0. The van der Waals surface area contributed by atoms with Crippen LogP contribution >= 0.6 is 0 Å². The highest BCUT2D eigenvalue weighted by Crippen LogP contribution is 2.04. The van der Waals surface area contributed by atoms with Gasteiger partial charge in [0.15, 0.2) is 0 Å². The van der Waals surface area contributed by atoms with Gasteiger partial charge in [-0.15, -0.1) is 0 Å². The predicted molar refractivity (Wildman–Crippen MR) is 52.4 cm³/mol. The lowest BCUT2D eigenvalue weighted by Crippen LogP contribution is -2.31. The molecule has 0 aliphatic carbocycles. The van der Waals surface area contributed by atoms with Crippen molar-refractivity contribution in [2.24, 2.45) is 11.5 Å². The number of nitrogens with zero attached hydrogens (tertiary/aromatic N) is 3. The van der Waals surface area contributed by atoms with E-state index in [-0.39, 0.29) is 6.54 Å². The van der Waals surface area contributed by atoms with Gasteiger partial charge in [0.2, 0.25) is 11.9 Å². The molecule has 1 aromatic heterocycles. The van der Waals surface area contributed by atoms with Gasteiger partial charge >= 0.3 is 0 Å². The van der Waals surface area contributed by atoms with Gasteiger partial charge < -0.3 is 16.4 Å². The first-order valence-electron chi connectivity index (χ1n) is 4.15. The second kappa shape index (κ2) is 4.52. The number of likely N-dealkylation sites (N-methyl/N-ethyl adjacent to an activating group) is 1. The van der Waals surface area contributed by atoms with E-state index in [0.29, 0.717) is 12.5 Å². The van der Waals surface area contributed by atoms with Gasteiger partial charge in [0.05, 0.1) is 12.2 Å². The first-order valence-corrected chi connectivity index (χ1v) is 4.15. The smallest absolute Gasteiger partial charge is 0.237 e. The molecule has 76 valence electrons. The lowest BCUT2D eigenvalue weighted by atomic mass is 10.4. The number of carbonyl (C=O) groups is 1. The van der Waals surface area contributed by atoms with Crippen molar-refractivity contribution in [3.05, 3.63) is 18.0 Å². The molecule has 0 aliphatic heterocycles. The summed E-state index contributed by atoms with van der Waals surface area (Å²) in [5.74, 6) is 0.0287. The van der Waals surface area contributed by atoms with Gasteiger partial charge in [-0.3, -0.25) is 4.79 Å². The van der Waals surface area contributed by atoms with E-state index < -0.39 is 5.91 Å². The van der Waals surface area contributed by atoms with Gasteiger partial charge in [0.1, 0.15) is 0 Å². The molecule has 14 heavy (non-hydrogen) atoms. The van der Waals surface area contributed by atoms with Crippen LogP contribution in [0.5, 0.6) is 0 Å². The van der Waals surface area contributed by atoms with Crippen LogP contribution < -0.4 is 16.4 Å². The molecule has 1 aromatic rings. The molecular formula is C8H13N5O. The van der Waals surface area contributed by atoms with Crippen molar-refractivity contribution in [3.8, 4) is 0 Å². The van der Waals surface area contributed by atoms with Crippen LogP contribution in [-0.2, 0) is 11.3 Å². The second-order valence-electron chi connectivity index (χ2n) is 2.87. The van der Waals surface area contributed by atoms with Gasteiger partial charge in [-0.05, 0) is 6.07 Å². The Morgan fingerprint density at radius 2 is 2.36 bits per heavy atom. The van der Waals surface area contributed by atoms with Crippen LogP contribution in [0.15, 0.2) is 12.3 Å². The van der Waals surface area contributed by atoms with E-state index in [0.717, 1.165) is 5.69 Å². The highest BCUT2D eigenvalue weighted by Gasteiger charge is 2.06. The number of hydrogen-bond donors (Lipinski definition) is 2. The zero-order valence-corrected chi connectivity index (χ0v) is 7.97. The number of rotatable bonds is 4. The van der Waals surface area contributed by atoms with Crippen molar-refractivity contribution in [1.29, 1.82) is 0 Å². The zero-order valence-electron chi connectivity index (χ0n) is 7.97. The Hall–Kier alpha value is -1.69. The Balaban J connectivity index is 2.78. The fraction of sp³-hybridized carbons (Fsp3) is 0.375. The lowest BCUT2D eigenvalue weighted by molar-refractivity contribution is -0.116. The van der Waals surface area contributed by atoms with Gasteiger partial charge in [-0.1, -0.05) is 0 Å². The van der Waals surface area contributed by atoms with Crippen molar-refractivity contribution in [2.75, 3.05) is 18.5 Å². The Kier molecular flexibility index (Phi) is 3.35. The summed E-state index contributed by atoms with van der Waals surface area (Å²) in [5, 5.41) is 0. The summed E-state index contributed by atoms with van der Waals surface area (Å²) >= 11 is 0. The average Bonchev–Trinajstić information content (AvgIpc) is 2.17. The van der Waals surface area contributed by atoms with E-state index in [1.165, 1.54) is 0 Å². The van der Waals surface area contributed by atoms with Crippen molar-refractivity contribution >= 4 is 11.9 Å². The zero-order chi connectivity index (χ0) is 10.6. The first kappa shape index (κ1) is 10.4. The Morgan fingerprint density at radius 1 is 1.64 bits per heavy atom. The quantitative estimate of drug-likeness (QED) is 0.632. The SMILES string of the molecule is CN(CC(N)=O)c1nccc(CN)n1. The standard InChI is InChI=1S/C8H13N5O/c1-13(5-7(10)14)8-11-3-2-6(4-9)12-8/h2-3H,4-5,9H2,1H3,(H2,10,14). The number of primary amides is 1. The summed E-state index contributed by atoms with van der Waals surface area (Å²) in [5.41, 5.74) is 11.2. The van der Waals surface area contributed by atoms with Gasteiger partial charge in [0, 0.05) is 19.8 Å². The highest BCUT2D eigenvalue weighted by molar-refractivity contribution is 5.78. The van der Waals surface area contributed by atoms with Crippen LogP contribution in [0.2, 0.25) is 0 Å². The van der Waals surface area contributed by atoms with Crippen molar-refractivity contribution in [1.82, 2.24) is 9.97 Å². The summed E-state index contributed by atoms with van der Waals surface area (Å²) in [6, 6.07) is 1.72. The molecule has 0 spiro atoms. The highest BCUT2D eigenvalue weighted by atomic mass is 16.1. The minimum absolute atomic E-state index is 0.0913. The summed E-state index contributed by atoms with van der Waals surface area (Å²) in [4.78, 5) is 20.3. The van der Waals surface area contributed by atoms with Crippen LogP contribution in [0, 0.1) is 0 Å². The topological polar surface area (TPSA) is 98.1 Å². The maximum absolute atomic E-state index is 10.6. The van der Waals surface area contributed by atoms with E-state index in [2.05, 4.69) is 9.97 Å². The molecule has 0 fully saturated rings. The van der Waals surface area contributed by atoms with Crippen LogP contribution in [0.3, 0.4) is 0 Å². The number of nitrogens with two attached hydrogens (primary N) is 2. The van der Waals surface area contributed by atoms with Crippen LogP contribution in [0.1, 0.15) is 5.69 Å². The monoisotopic (exact) mass is 195 g/mol. The predicted octanol–water partition coefficient (Wildman–Crippen LogP) is -1.14. The Morgan fingerprint density at radius 3 is 2.93 bits per heavy atom. The van der Waals surface area contributed by atoms with Crippen molar-refractivity contribution in [3.63, 3.8) is 0 Å². The molecule has 0 bridgehead atoms. The molecule has 6 heteroatoms. The molecule has 1 rings (SSSR count). The maximum atomic E-state index is 10.6. The molecule has 0 aliphatic rings. The molecule has 0 unspecified atom stereocenters. The van der Waals surface area contributed by atoms with Crippen molar-refractivity contribution < 1.29 is 4.79 Å². The third-order valence-electron chi connectivity index (χ3n) is 1.64. The Labute approximate surface area is 81.9 Å². The minimum atomic E-state index is -0.422. The molecule has 0 radical (unpaired) electrons. The van der Waals surface area contributed by atoms with E-state index in [4.69, 9.17) is 11.5 Å². The molecule has 0 atom stereocenters. The summed E-state index contributed by atoms with van der Waals surface area (Å²) in [7, 11) is 1.69. The molecule has 0 saturated heterocycles. The van der Waals surface area contributed by atoms with E-state index >= 15 is 0 Å². The maximum Gasteiger partial charge on any atom is 0.237 e. The molecule has 1 heterocycles. The van der Waals surface area contributed by atoms with Crippen LogP contribution in [0.4, 0.5) is 5.95 Å².